The molecular formula is C20H20N6O5S. The van der Waals surface area contributed by atoms with Gasteiger partial charge in [0.1, 0.15) is 19.0 Å². The van der Waals surface area contributed by atoms with E-state index in [1.807, 2.05) is 12.1 Å². The van der Waals surface area contributed by atoms with Crippen LogP contribution < -0.4 is 30.7 Å². The Balaban J connectivity index is 1.32. The lowest BCUT2D eigenvalue weighted by molar-refractivity contribution is -0.117. The first kappa shape index (κ1) is 21.3. The van der Waals surface area contributed by atoms with Crippen molar-refractivity contribution >= 4 is 29.4 Å². The lowest BCUT2D eigenvalue weighted by atomic mass is 10.2. The van der Waals surface area contributed by atoms with Crippen molar-refractivity contribution in [3.63, 3.8) is 0 Å². The first-order chi connectivity index (χ1) is 15.5. The van der Waals surface area contributed by atoms with Gasteiger partial charge < -0.3 is 25.4 Å². The van der Waals surface area contributed by atoms with Crippen LogP contribution in [0.25, 0.3) is 11.4 Å². The van der Waals surface area contributed by atoms with Gasteiger partial charge in [-0.25, -0.2) is 9.47 Å². The molecule has 3 amide bonds. The molecule has 0 fully saturated rings. The second kappa shape index (κ2) is 9.47. The van der Waals surface area contributed by atoms with Crippen LogP contribution in [0.15, 0.2) is 47.6 Å². The number of para-hydroxylation sites is 1. The van der Waals surface area contributed by atoms with Crippen LogP contribution in [-0.4, -0.2) is 52.9 Å². The SMILES string of the molecule is COc1ccccc1-c1nnc(SCC(=O)NC(=O)Nc2ccc3c(c2)OCCO3)n1N. The number of imide groups is 1. The third kappa shape index (κ3) is 4.70. The van der Waals surface area contributed by atoms with E-state index in [0.29, 0.717) is 52.7 Å². The summed E-state index contributed by atoms with van der Waals surface area (Å²) >= 11 is 1.05. The van der Waals surface area contributed by atoms with E-state index in [4.69, 9.17) is 20.1 Å². The molecule has 2 aromatic carbocycles. The minimum Gasteiger partial charge on any atom is -0.496 e. The van der Waals surface area contributed by atoms with Crippen molar-refractivity contribution in [3.05, 3.63) is 42.5 Å². The molecule has 4 N–H and O–H groups in total. The molecule has 12 heteroatoms. The zero-order chi connectivity index (χ0) is 22.5. The van der Waals surface area contributed by atoms with E-state index in [2.05, 4.69) is 20.8 Å². The summed E-state index contributed by atoms with van der Waals surface area (Å²) < 4.78 is 17.5. The monoisotopic (exact) mass is 456 g/mol. The standard InChI is InChI=1S/C20H20N6O5S/c1-29-14-5-3-2-4-13(14)18-24-25-20(26(18)21)32-11-17(27)23-19(28)22-12-6-7-15-16(10-12)31-9-8-30-15/h2-7,10H,8-9,11,21H2,1H3,(H2,22,23,27,28). The maximum absolute atomic E-state index is 12.2. The number of nitrogens with zero attached hydrogens (tertiary/aromatic N) is 3. The van der Waals surface area contributed by atoms with Gasteiger partial charge in [-0.1, -0.05) is 23.9 Å². The van der Waals surface area contributed by atoms with Crippen molar-refractivity contribution in [1.82, 2.24) is 20.2 Å². The fourth-order valence-electron chi connectivity index (χ4n) is 2.96. The number of nitrogens with one attached hydrogen (secondary N) is 2. The Bertz CT molecular complexity index is 1150. The maximum Gasteiger partial charge on any atom is 0.325 e. The Labute approximate surface area is 187 Å². The van der Waals surface area contributed by atoms with Gasteiger partial charge in [-0.2, -0.15) is 0 Å². The number of benzene rings is 2. The van der Waals surface area contributed by atoms with Crippen molar-refractivity contribution in [3.8, 4) is 28.6 Å². The molecule has 0 saturated heterocycles. The van der Waals surface area contributed by atoms with Gasteiger partial charge in [0.15, 0.2) is 17.3 Å². The number of thioether (sulfide) groups is 1. The summed E-state index contributed by atoms with van der Waals surface area (Å²) in [6.07, 6.45) is 0. The molecule has 3 aromatic rings. The van der Waals surface area contributed by atoms with Gasteiger partial charge in [-0.05, 0) is 24.3 Å². The summed E-state index contributed by atoms with van der Waals surface area (Å²) in [6.45, 7) is 0.909. The molecule has 0 radical (unpaired) electrons. The molecule has 2 heterocycles. The smallest absolute Gasteiger partial charge is 0.325 e. The molecule has 1 aliphatic rings. The highest BCUT2D eigenvalue weighted by Crippen LogP contribution is 2.32. The van der Waals surface area contributed by atoms with E-state index < -0.39 is 11.9 Å². The van der Waals surface area contributed by atoms with Crippen LogP contribution in [0.3, 0.4) is 0 Å². The number of methoxy groups -OCH3 is 1. The lowest BCUT2D eigenvalue weighted by Crippen LogP contribution is -2.35. The number of hydrogen-bond donors (Lipinski definition) is 3. The fourth-order valence-corrected chi connectivity index (χ4v) is 3.62. The number of nitrogen functional groups attached to an aromatic ring is 1. The summed E-state index contributed by atoms with van der Waals surface area (Å²) in [6, 6.07) is 11.5. The second-order valence-electron chi connectivity index (χ2n) is 6.53. The third-order valence-electron chi connectivity index (χ3n) is 4.40. The number of nitrogens with two attached hydrogens (primary N) is 1. The first-order valence-electron chi connectivity index (χ1n) is 9.52. The van der Waals surface area contributed by atoms with Gasteiger partial charge in [0.05, 0.1) is 18.4 Å². The van der Waals surface area contributed by atoms with Gasteiger partial charge in [-0.3, -0.25) is 10.1 Å². The molecule has 0 unspecified atom stereocenters. The Morgan fingerprint density at radius 3 is 2.75 bits per heavy atom. The minimum atomic E-state index is -0.670. The number of fused-ring (bicyclic) bond motifs is 1. The number of aromatic nitrogens is 3. The number of carbonyl (C=O) groups is 2. The fraction of sp³-hybridized carbons (Fsp3) is 0.200. The molecule has 0 bridgehead atoms. The molecular weight excluding hydrogens is 436 g/mol. The zero-order valence-electron chi connectivity index (χ0n) is 17.0. The highest BCUT2D eigenvalue weighted by atomic mass is 32.2. The van der Waals surface area contributed by atoms with Crippen LogP contribution in [0.4, 0.5) is 10.5 Å². The Kier molecular flexibility index (Phi) is 6.31. The summed E-state index contributed by atoms with van der Waals surface area (Å²) in [7, 11) is 1.55. The predicted molar refractivity (Wildman–Crippen MR) is 117 cm³/mol. The van der Waals surface area contributed by atoms with Gasteiger partial charge in [0.25, 0.3) is 0 Å². The molecule has 11 nitrogen and oxygen atoms in total. The van der Waals surface area contributed by atoms with E-state index in [9.17, 15) is 9.59 Å². The molecule has 4 rings (SSSR count). The van der Waals surface area contributed by atoms with Crippen molar-refractivity contribution in [2.24, 2.45) is 0 Å². The van der Waals surface area contributed by atoms with Gasteiger partial charge in [-0.15, -0.1) is 10.2 Å². The highest BCUT2D eigenvalue weighted by Gasteiger charge is 2.18. The van der Waals surface area contributed by atoms with Crippen LogP contribution in [0.2, 0.25) is 0 Å². The van der Waals surface area contributed by atoms with Gasteiger partial charge in [0.2, 0.25) is 11.1 Å². The number of ether oxygens (including phenoxy) is 3. The molecule has 0 atom stereocenters. The Morgan fingerprint density at radius 1 is 1.16 bits per heavy atom. The van der Waals surface area contributed by atoms with Crippen molar-refractivity contribution in [1.29, 1.82) is 0 Å². The number of anilines is 1. The average Bonchev–Trinajstić information content (AvgIpc) is 3.17. The summed E-state index contributed by atoms with van der Waals surface area (Å²) in [5.74, 6) is 7.60. The topological polar surface area (TPSA) is 143 Å². The number of hydrogen-bond acceptors (Lipinski definition) is 9. The third-order valence-corrected chi connectivity index (χ3v) is 5.34. The van der Waals surface area contributed by atoms with Gasteiger partial charge in [0, 0.05) is 11.8 Å². The Hall–Kier alpha value is -3.93. The molecule has 32 heavy (non-hydrogen) atoms. The largest absolute Gasteiger partial charge is 0.496 e. The van der Waals surface area contributed by atoms with E-state index in [0.717, 1.165) is 11.8 Å². The molecule has 0 saturated carbocycles. The average molecular weight is 456 g/mol. The van der Waals surface area contributed by atoms with Crippen LogP contribution in [0, 0.1) is 0 Å². The number of carbonyl (C=O) groups excluding carboxylic acids is 2. The Morgan fingerprint density at radius 2 is 1.94 bits per heavy atom. The van der Waals surface area contributed by atoms with Crippen molar-refractivity contribution in [2.75, 3.05) is 37.2 Å². The van der Waals surface area contributed by atoms with Crippen LogP contribution >= 0.6 is 11.8 Å². The molecule has 0 aliphatic carbocycles. The number of rotatable bonds is 6. The second-order valence-corrected chi connectivity index (χ2v) is 7.47. The molecule has 1 aliphatic heterocycles. The maximum atomic E-state index is 12.2. The zero-order valence-corrected chi connectivity index (χ0v) is 17.8. The minimum absolute atomic E-state index is 0.0875. The lowest BCUT2D eigenvalue weighted by Gasteiger charge is -2.19. The van der Waals surface area contributed by atoms with Crippen molar-refractivity contribution < 1.29 is 23.8 Å². The van der Waals surface area contributed by atoms with Gasteiger partial charge >= 0.3 is 6.03 Å². The van der Waals surface area contributed by atoms with E-state index in [1.165, 1.54) is 4.68 Å². The number of urea groups is 1. The van der Waals surface area contributed by atoms with E-state index in [1.54, 1.807) is 37.4 Å². The summed E-state index contributed by atoms with van der Waals surface area (Å²) in [4.78, 5) is 24.3. The van der Waals surface area contributed by atoms with Crippen molar-refractivity contribution in [2.45, 2.75) is 5.16 Å². The van der Waals surface area contributed by atoms with E-state index >= 15 is 0 Å². The molecule has 1 aromatic heterocycles. The highest BCUT2D eigenvalue weighted by molar-refractivity contribution is 7.99. The van der Waals surface area contributed by atoms with E-state index in [-0.39, 0.29) is 5.75 Å². The summed E-state index contributed by atoms with van der Waals surface area (Å²) in [5, 5.41) is 13.2. The summed E-state index contributed by atoms with van der Waals surface area (Å²) in [5.41, 5.74) is 1.13. The quantitative estimate of drug-likeness (QED) is 0.374. The number of amides is 3. The predicted octanol–water partition coefficient (Wildman–Crippen LogP) is 1.88. The molecule has 0 spiro atoms. The van der Waals surface area contributed by atoms with Crippen LogP contribution in [0.5, 0.6) is 17.2 Å². The normalized spacial score (nSPS) is 12.2. The first-order valence-corrected chi connectivity index (χ1v) is 10.5. The molecule has 166 valence electrons. The van der Waals surface area contributed by atoms with Crippen LogP contribution in [0.1, 0.15) is 0 Å². The van der Waals surface area contributed by atoms with Crippen LogP contribution in [-0.2, 0) is 4.79 Å².